The van der Waals surface area contributed by atoms with Crippen LogP contribution >= 0.6 is 11.6 Å². The highest BCUT2D eigenvalue weighted by atomic mass is 35.5. The lowest BCUT2D eigenvalue weighted by Crippen LogP contribution is -2.45. The predicted molar refractivity (Wildman–Crippen MR) is 81.3 cm³/mol. The molecule has 1 aromatic carbocycles. The lowest BCUT2D eigenvalue weighted by molar-refractivity contribution is 0.168. The number of carbonyl (C=O) groups excluding carboxylic acids is 1. The molecule has 1 heterocycles. The first kappa shape index (κ1) is 17.0. The summed E-state index contributed by atoms with van der Waals surface area (Å²) in [5.41, 5.74) is 0.361. The van der Waals surface area contributed by atoms with Crippen LogP contribution in [0.25, 0.3) is 0 Å². The Morgan fingerprint density at radius 3 is 3.00 bits per heavy atom. The molecule has 0 unspecified atom stereocenters. The van der Waals surface area contributed by atoms with Crippen LogP contribution in [0.2, 0.25) is 5.02 Å². The van der Waals surface area contributed by atoms with Gasteiger partial charge in [0.2, 0.25) is 0 Å². The minimum Gasteiger partial charge on any atom is -0.387 e. The summed E-state index contributed by atoms with van der Waals surface area (Å²) in [4.78, 5) is 11.8. The van der Waals surface area contributed by atoms with Gasteiger partial charge in [-0.2, -0.15) is 0 Å². The Morgan fingerprint density at radius 1 is 1.59 bits per heavy atom. The van der Waals surface area contributed by atoms with Crippen LogP contribution in [0.5, 0.6) is 0 Å². The second-order valence-corrected chi connectivity index (χ2v) is 5.86. The van der Waals surface area contributed by atoms with E-state index in [0.717, 1.165) is 19.1 Å². The third kappa shape index (κ3) is 4.56. The van der Waals surface area contributed by atoms with Gasteiger partial charge in [-0.25, -0.2) is 9.18 Å². The maximum absolute atomic E-state index is 13.3. The smallest absolute Gasteiger partial charge is 0.315 e. The van der Waals surface area contributed by atoms with Crippen molar-refractivity contribution in [2.75, 3.05) is 19.8 Å². The highest BCUT2D eigenvalue weighted by molar-refractivity contribution is 6.30. The van der Waals surface area contributed by atoms with Gasteiger partial charge < -0.3 is 20.5 Å². The fraction of sp³-hybridized carbons (Fsp3) is 0.533. The van der Waals surface area contributed by atoms with Gasteiger partial charge in [0.15, 0.2) is 0 Å². The number of halogens is 2. The molecular formula is C15H20ClFN2O3. The number of ether oxygens (including phenoxy) is 1. The summed E-state index contributed by atoms with van der Waals surface area (Å²) in [6, 6.07) is 3.68. The molecule has 2 amide bonds. The molecule has 0 radical (unpaired) electrons. The first-order chi connectivity index (χ1) is 10.5. The number of nitrogens with one attached hydrogen (secondary N) is 2. The van der Waals surface area contributed by atoms with Crippen LogP contribution in [0.4, 0.5) is 9.18 Å². The van der Waals surface area contributed by atoms with Crippen molar-refractivity contribution in [3.8, 4) is 0 Å². The number of carbonyl (C=O) groups is 1. The molecule has 22 heavy (non-hydrogen) atoms. The molecular weight excluding hydrogens is 311 g/mol. The Labute approximate surface area is 133 Å². The van der Waals surface area contributed by atoms with Crippen LogP contribution < -0.4 is 10.6 Å². The van der Waals surface area contributed by atoms with Gasteiger partial charge in [0.1, 0.15) is 5.82 Å². The van der Waals surface area contributed by atoms with E-state index in [-0.39, 0.29) is 23.6 Å². The van der Waals surface area contributed by atoms with E-state index >= 15 is 0 Å². The first-order valence-electron chi connectivity index (χ1n) is 7.22. The largest absolute Gasteiger partial charge is 0.387 e. The van der Waals surface area contributed by atoms with Crippen molar-refractivity contribution in [3.05, 3.63) is 34.6 Å². The van der Waals surface area contributed by atoms with Gasteiger partial charge in [-0.05, 0) is 31.0 Å². The second-order valence-electron chi connectivity index (χ2n) is 5.46. The van der Waals surface area contributed by atoms with Crippen LogP contribution in [-0.2, 0) is 4.74 Å². The summed E-state index contributed by atoms with van der Waals surface area (Å²) in [6.45, 7) is 3.28. The van der Waals surface area contributed by atoms with Gasteiger partial charge >= 0.3 is 6.03 Å². The Morgan fingerprint density at radius 2 is 2.36 bits per heavy atom. The molecule has 2 rings (SSSR count). The molecule has 0 aliphatic carbocycles. The minimum atomic E-state index is -0.998. The molecule has 7 heteroatoms. The fourth-order valence-corrected chi connectivity index (χ4v) is 2.47. The van der Waals surface area contributed by atoms with E-state index < -0.39 is 11.9 Å². The summed E-state index contributed by atoms with van der Waals surface area (Å²) in [5.74, 6) is -0.293. The van der Waals surface area contributed by atoms with E-state index in [9.17, 15) is 14.3 Å². The van der Waals surface area contributed by atoms with Gasteiger partial charge in [0.05, 0.1) is 17.7 Å². The Bertz CT molecular complexity index is 524. The van der Waals surface area contributed by atoms with Gasteiger partial charge in [-0.1, -0.05) is 17.7 Å². The molecule has 3 N–H and O–H groups in total. The van der Waals surface area contributed by atoms with Crippen molar-refractivity contribution < 1.29 is 19.0 Å². The highest BCUT2D eigenvalue weighted by Crippen LogP contribution is 2.20. The number of rotatable bonds is 5. The monoisotopic (exact) mass is 330 g/mol. The van der Waals surface area contributed by atoms with E-state index in [2.05, 4.69) is 10.6 Å². The quantitative estimate of drug-likeness (QED) is 0.775. The number of urea groups is 1. The third-order valence-electron chi connectivity index (χ3n) is 3.82. The second kappa shape index (κ2) is 7.76. The Balaban J connectivity index is 1.78. The lowest BCUT2D eigenvalue weighted by atomic mass is 10.0. The molecule has 1 aliphatic rings. The Kier molecular flexibility index (Phi) is 5.99. The molecule has 0 bridgehead atoms. The normalized spacial score (nSPS) is 20.5. The summed E-state index contributed by atoms with van der Waals surface area (Å²) < 4.78 is 18.6. The number of hydrogen-bond acceptors (Lipinski definition) is 3. The lowest BCUT2D eigenvalue weighted by Gasteiger charge is -2.20. The number of aliphatic hydroxyl groups is 1. The van der Waals surface area contributed by atoms with Crippen LogP contribution in [0, 0.1) is 11.7 Å². The molecule has 1 aromatic rings. The molecule has 1 fully saturated rings. The molecule has 122 valence electrons. The van der Waals surface area contributed by atoms with Crippen LogP contribution in [0.15, 0.2) is 18.2 Å². The number of benzene rings is 1. The number of hydrogen-bond donors (Lipinski definition) is 3. The van der Waals surface area contributed by atoms with Crippen molar-refractivity contribution in [3.63, 3.8) is 0 Å². The molecule has 0 saturated carbocycles. The zero-order chi connectivity index (χ0) is 16.1. The van der Waals surface area contributed by atoms with E-state index in [1.807, 2.05) is 6.92 Å². The SMILES string of the molecule is C[C@H](NC(=O)NC[C@H](O)c1ccc(Cl)c(F)c1)[C@H]1CCOC1. The Hall–Kier alpha value is -1.37. The predicted octanol–water partition coefficient (Wildman–Crippen LogP) is 2.24. The van der Waals surface area contributed by atoms with Gasteiger partial charge in [-0.3, -0.25) is 0 Å². The van der Waals surface area contributed by atoms with Crippen molar-refractivity contribution in [1.82, 2.24) is 10.6 Å². The van der Waals surface area contributed by atoms with Crippen LogP contribution in [0.3, 0.4) is 0 Å². The van der Waals surface area contributed by atoms with Gasteiger partial charge in [0, 0.05) is 25.1 Å². The average Bonchev–Trinajstić information content (AvgIpc) is 3.02. The van der Waals surface area contributed by atoms with E-state index in [1.165, 1.54) is 12.1 Å². The summed E-state index contributed by atoms with van der Waals surface area (Å²) in [7, 11) is 0. The van der Waals surface area contributed by atoms with Crippen molar-refractivity contribution in [2.45, 2.75) is 25.5 Å². The van der Waals surface area contributed by atoms with Crippen molar-refractivity contribution >= 4 is 17.6 Å². The van der Waals surface area contributed by atoms with Crippen molar-refractivity contribution in [1.29, 1.82) is 0 Å². The summed E-state index contributed by atoms with van der Waals surface area (Å²) in [6.07, 6.45) is -0.0728. The summed E-state index contributed by atoms with van der Waals surface area (Å²) >= 11 is 5.59. The molecule has 1 saturated heterocycles. The van der Waals surface area contributed by atoms with E-state index in [0.29, 0.717) is 18.1 Å². The van der Waals surface area contributed by atoms with Crippen LogP contribution in [0.1, 0.15) is 25.0 Å². The molecule has 0 aromatic heterocycles. The standard InChI is InChI=1S/C15H20ClFN2O3/c1-9(11-4-5-22-8-11)19-15(21)18-7-14(20)10-2-3-12(16)13(17)6-10/h2-3,6,9,11,14,20H,4-5,7-8H2,1H3,(H2,18,19,21)/t9-,11-,14-/m0/s1. The van der Waals surface area contributed by atoms with Crippen molar-refractivity contribution in [2.24, 2.45) is 5.92 Å². The number of aliphatic hydroxyl groups excluding tert-OH is 1. The van der Waals surface area contributed by atoms with Gasteiger partial charge in [0.25, 0.3) is 0 Å². The van der Waals surface area contributed by atoms with Crippen LogP contribution in [-0.4, -0.2) is 36.9 Å². The molecule has 5 nitrogen and oxygen atoms in total. The minimum absolute atomic E-state index is 0.00532. The van der Waals surface area contributed by atoms with E-state index in [1.54, 1.807) is 0 Å². The topological polar surface area (TPSA) is 70.6 Å². The zero-order valence-corrected chi connectivity index (χ0v) is 13.1. The highest BCUT2D eigenvalue weighted by Gasteiger charge is 2.23. The maximum atomic E-state index is 13.3. The zero-order valence-electron chi connectivity index (χ0n) is 12.3. The van der Waals surface area contributed by atoms with E-state index in [4.69, 9.17) is 16.3 Å². The summed E-state index contributed by atoms with van der Waals surface area (Å²) in [5, 5.41) is 15.3. The maximum Gasteiger partial charge on any atom is 0.315 e. The fourth-order valence-electron chi connectivity index (χ4n) is 2.35. The molecule has 1 aliphatic heterocycles. The first-order valence-corrected chi connectivity index (χ1v) is 7.60. The van der Waals surface area contributed by atoms with Gasteiger partial charge in [-0.15, -0.1) is 0 Å². The molecule has 3 atom stereocenters. The third-order valence-corrected chi connectivity index (χ3v) is 4.12. The average molecular weight is 331 g/mol. The number of amides is 2. The molecule has 0 spiro atoms.